The van der Waals surface area contributed by atoms with E-state index in [9.17, 15) is 4.79 Å². The zero-order valence-corrected chi connectivity index (χ0v) is 19.4. The molecule has 1 amide bonds. The molecule has 4 rings (SSSR count). The van der Waals surface area contributed by atoms with Gasteiger partial charge in [-0.25, -0.2) is 0 Å². The topological polar surface area (TPSA) is 68.8 Å². The predicted octanol–water partition coefficient (Wildman–Crippen LogP) is 5.77. The second-order valence-corrected chi connectivity index (χ2v) is 7.68. The van der Waals surface area contributed by atoms with Gasteiger partial charge >= 0.3 is 0 Å². The smallest absolute Gasteiger partial charge is 0.243 e. The van der Waals surface area contributed by atoms with Crippen molar-refractivity contribution in [3.05, 3.63) is 115 Å². The molecule has 6 heteroatoms. The fraction of sp³-hybridized carbons (Fsp3) is 0.138. The highest BCUT2D eigenvalue weighted by Gasteiger charge is 2.10. The summed E-state index contributed by atoms with van der Waals surface area (Å²) in [5.41, 5.74) is 2.43. The summed E-state index contributed by atoms with van der Waals surface area (Å²) in [6.45, 7) is 1.28. The van der Waals surface area contributed by atoms with Crippen LogP contribution in [0.1, 0.15) is 5.56 Å². The number of rotatable bonds is 12. The third-order valence-electron chi connectivity index (χ3n) is 5.08. The van der Waals surface area contributed by atoms with Gasteiger partial charge < -0.3 is 24.8 Å². The van der Waals surface area contributed by atoms with Gasteiger partial charge in [-0.05, 0) is 42.0 Å². The molecule has 0 unspecified atom stereocenters. The number of hydrogen-bond donors (Lipinski definition) is 2. The van der Waals surface area contributed by atoms with Crippen LogP contribution in [0.3, 0.4) is 0 Å². The maximum absolute atomic E-state index is 12.6. The Labute approximate surface area is 205 Å². The zero-order valence-electron chi connectivity index (χ0n) is 19.4. The van der Waals surface area contributed by atoms with Crippen molar-refractivity contribution < 1.29 is 19.0 Å². The van der Waals surface area contributed by atoms with Crippen molar-refractivity contribution in [3.8, 4) is 17.2 Å². The van der Waals surface area contributed by atoms with Gasteiger partial charge in [0.2, 0.25) is 5.91 Å². The molecule has 0 bridgehead atoms. The number of para-hydroxylation sites is 5. The highest BCUT2D eigenvalue weighted by Crippen LogP contribution is 2.26. The van der Waals surface area contributed by atoms with E-state index in [4.69, 9.17) is 14.2 Å². The lowest BCUT2D eigenvalue weighted by Gasteiger charge is -2.15. The van der Waals surface area contributed by atoms with Gasteiger partial charge in [-0.3, -0.25) is 4.79 Å². The van der Waals surface area contributed by atoms with Crippen LogP contribution in [0.25, 0.3) is 0 Å². The van der Waals surface area contributed by atoms with Crippen LogP contribution in [0.4, 0.5) is 11.4 Å². The minimum absolute atomic E-state index is 0.0805. The minimum Gasteiger partial charge on any atom is -0.490 e. The van der Waals surface area contributed by atoms with E-state index in [1.54, 1.807) is 0 Å². The lowest BCUT2D eigenvalue weighted by Crippen LogP contribution is -2.22. The van der Waals surface area contributed by atoms with Crippen molar-refractivity contribution in [2.75, 3.05) is 30.4 Å². The summed E-state index contributed by atoms with van der Waals surface area (Å²) in [6.07, 6.45) is 0. The molecule has 0 aliphatic heterocycles. The fourth-order valence-corrected chi connectivity index (χ4v) is 3.37. The molecule has 2 N–H and O–H groups in total. The SMILES string of the molecule is O=C(CNc1ccccc1OCc1ccccc1)Nc1ccccc1OCCOc1ccccc1. The standard InChI is InChI=1S/C29H28N2O4/c32-29(21-30-25-15-7-9-17-27(25)35-22-23-11-3-1-4-12-23)31-26-16-8-10-18-28(26)34-20-19-33-24-13-5-2-6-14-24/h1-18,30H,19-22H2,(H,31,32). The summed E-state index contributed by atoms with van der Waals surface area (Å²) < 4.78 is 17.5. The molecular weight excluding hydrogens is 440 g/mol. The van der Waals surface area contributed by atoms with Crippen molar-refractivity contribution in [1.29, 1.82) is 0 Å². The number of carbonyl (C=O) groups excluding carboxylic acids is 1. The van der Waals surface area contributed by atoms with E-state index < -0.39 is 0 Å². The van der Waals surface area contributed by atoms with Gasteiger partial charge in [0, 0.05) is 0 Å². The Morgan fingerprint density at radius 2 is 1.17 bits per heavy atom. The number of anilines is 2. The molecule has 4 aromatic carbocycles. The average molecular weight is 469 g/mol. The molecule has 0 radical (unpaired) electrons. The third kappa shape index (κ3) is 7.54. The van der Waals surface area contributed by atoms with E-state index in [0.717, 1.165) is 17.0 Å². The van der Waals surface area contributed by atoms with Crippen LogP contribution in [0.2, 0.25) is 0 Å². The molecule has 6 nitrogen and oxygen atoms in total. The van der Waals surface area contributed by atoms with E-state index >= 15 is 0 Å². The molecule has 0 fully saturated rings. The van der Waals surface area contributed by atoms with Crippen molar-refractivity contribution in [1.82, 2.24) is 0 Å². The van der Waals surface area contributed by atoms with Gasteiger partial charge in [-0.1, -0.05) is 72.8 Å². The summed E-state index contributed by atoms with van der Waals surface area (Å²) in [5.74, 6) is 1.87. The number of amides is 1. The molecule has 35 heavy (non-hydrogen) atoms. The van der Waals surface area contributed by atoms with Gasteiger partial charge in [0.25, 0.3) is 0 Å². The van der Waals surface area contributed by atoms with Crippen molar-refractivity contribution in [3.63, 3.8) is 0 Å². The fourth-order valence-electron chi connectivity index (χ4n) is 3.37. The quantitative estimate of drug-likeness (QED) is 0.258. The Bertz CT molecular complexity index is 1200. The molecule has 178 valence electrons. The summed E-state index contributed by atoms with van der Waals surface area (Å²) in [7, 11) is 0. The first-order chi connectivity index (χ1) is 17.3. The molecule has 0 spiro atoms. The van der Waals surface area contributed by atoms with Crippen molar-refractivity contribution in [2.24, 2.45) is 0 Å². The summed E-state index contributed by atoms with van der Waals surface area (Å²) in [6, 6.07) is 34.4. The number of carbonyl (C=O) groups is 1. The minimum atomic E-state index is -0.195. The van der Waals surface area contributed by atoms with Crippen LogP contribution in [-0.4, -0.2) is 25.7 Å². The maximum atomic E-state index is 12.6. The summed E-state index contributed by atoms with van der Waals surface area (Å²) in [5, 5.41) is 6.07. The first kappa shape index (κ1) is 23.7. The lowest BCUT2D eigenvalue weighted by molar-refractivity contribution is -0.114. The molecule has 0 heterocycles. The van der Waals surface area contributed by atoms with Crippen LogP contribution in [0.15, 0.2) is 109 Å². The molecule has 0 saturated carbocycles. The van der Waals surface area contributed by atoms with E-state index in [2.05, 4.69) is 10.6 Å². The Morgan fingerprint density at radius 1 is 0.600 bits per heavy atom. The molecule has 0 atom stereocenters. The van der Waals surface area contributed by atoms with Crippen molar-refractivity contribution >= 4 is 17.3 Å². The van der Waals surface area contributed by atoms with Crippen molar-refractivity contribution in [2.45, 2.75) is 6.61 Å². The van der Waals surface area contributed by atoms with E-state index in [0.29, 0.717) is 37.0 Å². The second kappa shape index (κ2) is 12.7. The third-order valence-corrected chi connectivity index (χ3v) is 5.08. The largest absolute Gasteiger partial charge is 0.490 e. The van der Waals surface area contributed by atoms with Gasteiger partial charge in [0.15, 0.2) is 0 Å². The van der Waals surface area contributed by atoms with Gasteiger partial charge in [0.05, 0.1) is 17.9 Å². The normalized spacial score (nSPS) is 10.3. The maximum Gasteiger partial charge on any atom is 0.243 e. The zero-order chi connectivity index (χ0) is 24.1. The Hall–Kier alpha value is -4.45. The van der Waals surface area contributed by atoms with Crippen LogP contribution < -0.4 is 24.8 Å². The Morgan fingerprint density at radius 3 is 1.91 bits per heavy atom. The lowest BCUT2D eigenvalue weighted by atomic mass is 10.2. The first-order valence-electron chi connectivity index (χ1n) is 11.5. The van der Waals surface area contributed by atoms with Crippen LogP contribution in [0.5, 0.6) is 17.2 Å². The number of nitrogens with one attached hydrogen (secondary N) is 2. The van der Waals surface area contributed by atoms with Gasteiger partial charge in [0.1, 0.15) is 37.1 Å². The van der Waals surface area contributed by atoms with Crippen LogP contribution in [-0.2, 0) is 11.4 Å². The summed E-state index contributed by atoms with van der Waals surface area (Å²) >= 11 is 0. The molecule has 0 aliphatic rings. The van der Waals surface area contributed by atoms with Crippen LogP contribution >= 0.6 is 0 Å². The average Bonchev–Trinajstić information content (AvgIpc) is 2.91. The highest BCUT2D eigenvalue weighted by molar-refractivity contribution is 5.95. The van der Waals surface area contributed by atoms with Gasteiger partial charge in [-0.2, -0.15) is 0 Å². The highest BCUT2D eigenvalue weighted by atomic mass is 16.5. The Balaban J connectivity index is 1.27. The molecule has 0 aromatic heterocycles. The van der Waals surface area contributed by atoms with Crippen LogP contribution in [0, 0.1) is 0 Å². The molecule has 4 aromatic rings. The first-order valence-corrected chi connectivity index (χ1v) is 11.5. The second-order valence-electron chi connectivity index (χ2n) is 7.68. The van der Waals surface area contributed by atoms with E-state index in [1.165, 1.54) is 0 Å². The number of ether oxygens (including phenoxy) is 3. The monoisotopic (exact) mass is 468 g/mol. The molecule has 0 aliphatic carbocycles. The van der Waals surface area contributed by atoms with Gasteiger partial charge in [-0.15, -0.1) is 0 Å². The Kier molecular flexibility index (Phi) is 8.60. The predicted molar refractivity (Wildman–Crippen MR) is 138 cm³/mol. The molecule has 0 saturated heterocycles. The molecular formula is C29H28N2O4. The summed E-state index contributed by atoms with van der Waals surface area (Å²) in [4.78, 5) is 12.6. The number of hydrogen-bond acceptors (Lipinski definition) is 5. The number of benzene rings is 4. The van der Waals surface area contributed by atoms with E-state index in [-0.39, 0.29) is 12.5 Å². The van der Waals surface area contributed by atoms with E-state index in [1.807, 2.05) is 109 Å².